The third-order valence-electron chi connectivity index (χ3n) is 5.12. The predicted octanol–water partition coefficient (Wildman–Crippen LogP) is 2.69. The molecule has 0 atom stereocenters. The van der Waals surface area contributed by atoms with Gasteiger partial charge in [0, 0.05) is 5.39 Å². The van der Waals surface area contributed by atoms with Gasteiger partial charge in [0.1, 0.15) is 7.05 Å². The van der Waals surface area contributed by atoms with E-state index in [0.29, 0.717) is 0 Å². The maximum absolute atomic E-state index is 9.12. The molecule has 0 N–H and O–H groups in total. The second kappa shape index (κ2) is 8.35. The van der Waals surface area contributed by atoms with Crippen LogP contribution in [0.5, 0.6) is 23.0 Å². The van der Waals surface area contributed by atoms with E-state index in [1.54, 1.807) is 14.2 Å². The minimum absolute atomic E-state index is 0.273. The summed E-state index contributed by atoms with van der Waals surface area (Å²) in [6, 6.07) is 12.4. The largest absolute Gasteiger partial charge is 0.549 e. The lowest BCUT2D eigenvalue weighted by molar-refractivity contribution is -0.642. The number of carbonyl (C=O) groups excluding carboxylic acids is 1. The maximum atomic E-state index is 9.12. The number of carboxylic acids is 1. The zero-order valence-corrected chi connectivity index (χ0v) is 18.0. The minimum Gasteiger partial charge on any atom is -0.549 e. The Hall–Kier alpha value is -3.45. The number of aliphatic carboxylic acids is 1. The zero-order valence-electron chi connectivity index (χ0n) is 17.2. The molecule has 160 valence electrons. The summed E-state index contributed by atoms with van der Waals surface area (Å²) in [7, 11) is 5.37. The number of alkyl halides is 1. The highest BCUT2D eigenvalue weighted by Crippen LogP contribution is 2.40. The van der Waals surface area contributed by atoms with E-state index >= 15 is 0 Å². The Morgan fingerprint density at radius 2 is 1.65 bits per heavy atom. The van der Waals surface area contributed by atoms with Gasteiger partial charge in [0.15, 0.2) is 29.2 Å². The van der Waals surface area contributed by atoms with Crippen molar-refractivity contribution in [3.8, 4) is 23.0 Å². The van der Waals surface area contributed by atoms with Crippen LogP contribution in [-0.4, -0.2) is 32.9 Å². The summed E-state index contributed by atoms with van der Waals surface area (Å²) < 4.78 is 24.2. The van der Waals surface area contributed by atoms with Crippen LogP contribution < -0.4 is 28.6 Å². The van der Waals surface area contributed by atoms with Crippen LogP contribution in [0.2, 0.25) is 0 Å². The maximum Gasteiger partial charge on any atom is 0.231 e. The molecular formula is C23H20ClNO6. The normalized spacial score (nSPS) is 12.0. The first kappa shape index (κ1) is 20.8. The molecule has 0 unspecified atom stereocenters. The molecule has 0 radical (unpaired) electrons. The van der Waals surface area contributed by atoms with E-state index in [4.69, 9.17) is 28.8 Å². The summed E-state index contributed by atoms with van der Waals surface area (Å²) >= 11 is 4.67. The highest BCUT2D eigenvalue weighted by Gasteiger charge is 2.20. The van der Waals surface area contributed by atoms with Gasteiger partial charge in [0.25, 0.3) is 0 Å². The van der Waals surface area contributed by atoms with Crippen LogP contribution in [0.15, 0.2) is 42.6 Å². The first-order valence-corrected chi connectivity index (χ1v) is 9.96. The lowest BCUT2D eigenvalue weighted by atomic mass is 10.0. The summed E-state index contributed by atoms with van der Waals surface area (Å²) in [6.07, 6.45) is 2.11. The third-order valence-corrected chi connectivity index (χ3v) is 5.34. The standard InChI is InChI=1S/C21H18NO4.C2H3ClO2/c1-22-10-13-7-17(23-2)18(24-3)8-15(13)14-5-4-12-6-19-20(26-11-25-19)9-16(12)21(14)22;3-1-2(4)5/h4-10H,11H2,1-3H3;1H2,(H,4,5)/q+1;/p-1. The SMILES string of the molecule is COc1cc2c[n+](C)c3c4cc5c(cc4ccc3c2cc1OC)OCO5.O=C([O-])CCl. The Balaban J connectivity index is 0.000000418. The summed E-state index contributed by atoms with van der Waals surface area (Å²) in [5, 5.41) is 14.7. The summed E-state index contributed by atoms with van der Waals surface area (Å²) in [4.78, 5) is 9.12. The molecular weight excluding hydrogens is 422 g/mol. The molecule has 31 heavy (non-hydrogen) atoms. The van der Waals surface area contributed by atoms with Gasteiger partial charge >= 0.3 is 0 Å². The summed E-state index contributed by atoms with van der Waals surface area (Å²) in [6.45, 7) is 0.273. The molecule has 0 bridgehead atoms. The Morgan fingerprint density at radius 1 is 1.00 bits per heavy atom. The molecule has 0 spiro atoms. The fraction of sp³-hybridized carbons (Fsp3) is 0.217. The van der Waals surface area contributed by atoms with Gasteiger partial charge in [-0.05, 0) is 35.7 Å². The van der Waals surface area contributed by atoms with Gasteiger partial charge in [0.05, 0.1) is 42.2 Å². The monoisotopic (exact) mass is 441 g/mol. The number of halogens is 1. The average Bonchev–Trinajstić information content (AvgIpc) is 3.24. The van der Waals surface area contributed by atoms with E-state index in [-0.39, 0.29) is 6.79 Å². The molecule has 0 saturated heterocycles. The highest BCUT2D eigenvalue weighted by molar-refractivity contribution is 6.25. The molecule has 0 amide bonds. The molecule has 0 aliphatic carbocycles. The molecule has 1 aliphatic rings. The van der Waals surface area contributed by atoms with E-state index in [0.717, 1.165) is 55.4 Å². The van der Waals surface area contributed by atoms with Crippen molar-refractivity contribution in [2.45, 2.75) is 0 Å². The second-order valence-corrected chi connectivity index (χ2v) is 7.20. The van der Waals surface area contributed by atoms with Crippen LogP contribution in [0.1, 0.15) is 0 Å². The van der Waals surface area contributed by atoms with Gasteiger partial charge in [-0.2, -0.15) is 4.57 Å². The van der Waals surface area contributed by atoms with Crippen molar-refractivity contribution < 1.29 is 33.4 Å². The Labute approximate surface area is 183 Å². The smallest absolute Gasteiger partial charge is 0.231 e. The molecule has 1 aromatic heterocycles. The van der Waals surface area contributed by atoms with Crippen molar-refractivity contribution in [3.05, 3.63) is 42.6 Å². The van der Waals surface area contributed by atoms with Crippen LogP contribution in [0.25, 0.3) is 32.4 Å². The third kappa shape index (κ3) is 3.72. The second-order valence-electron chi connectivity index (χ2n) is 6.93. The van der Waals surface area contributed by atoms with Crippen molar-refractivity contribution >= 4 is 50.0 Å². The number of rotatable bonds is 3. The van der Waals surface area contributed by atoms with Crippen molar-refractivity contribution in [1.29, 1.82) is 0 Å². The molecule has 7 nitrogen and oxygen atoms in total. The number of pyridine rings is 1. The van der Waals surface area contributed by atoms with Gasteiger partial charge < -0.3 is 28.8 Å². The summed E-state index contributed by atoms with van der Waals surface area (Å²) in [5.74, 6) is 1.39. The fourth-order valence-electron chi connectivity index (χ4n) is 3.80. The van der Waals surface area contributed by atoms with Gasteiger partial charge in [-0.1, -0.05) is 6.07 Å². The number of benzene rings is 3. The summed E-state index contributed by atoms with van der Waals surface area (Å²) in [5.41, 5.74) is 1.14. The minimum atomic E-state index is -1.23. The molecule has 5 rings (SSSR count). The van der Waals surface area contributed by atoms with Gasteiger partial charge in [-0.15, -0.1) is 11.6 Å². The lowest BCUT2D eigenvalue weighted by Crippen LogP contribution is -2.28. The number of fused-ring (bicyclic) bond motifs is 6. The van der Waals surface area contributed by atoms with Gasteiger partial charge in [-0.3, -0.25) is 0 Å². The van der Waals surface area contributed by atoms with Gasteiger partial charge in [-0.25, -0.2) is 0 Å². The number of methoxy groups -OCH3 is 2. The van der Waals surface area contributed by atoms with Crippen LogP contribution in [-0.2, 0) is 11.8 Å². The highest BCUT2D eigenvalue weighted by atomic mass is 35.5. The molecule has 1 aliphatic heterocycles. The van der Waals surface area contributed by atoms with E-state index in [2.05, 4.69) is 47.6 Å². The molecule has 2 heterocycles. The van der Waals surface area contributed by atoms with Crippen molar-refractivity contribution in [2.75, 3.05) is 26.9 Å². The van der Waals surface area contributed by atoms with Crippen LogP contribution in [0.3, 0.4) is 0 Å². The molecule has 0 saturated carbocycles. The lowest BCUT2D eigenvalue weighted by Gasteiger charge is -2.11. The first-order valence-electron chi connectivity index (χ1n) is 9.43. The van der Waals surface area contributed by atoms with Crippen LogP contribution in [0.4, 0.5) is 0 Å². The number of carbonyl (C=O) groups is 1. The molecule has 3 aromatic carbocycles. The van der Waals surface area contributed by atoms with Crippen molar-refractivity contribution in [3.63, 3.8) is 0 Å². The van der Waals surface area contributed by atoms with Crippen molar-refractivity contribution in [1.82, 2.24) is 0 Å². The Morgan fingerprint density at radius 3 is 2.29 bits per heavy atom. The van der Waals surface area contributed by atoms with E-state index in [1.165, 1.54) is 0 Å². The number of aromatic nitrogens is 1. The number of carboxylic acid groups (broad SMARTS) is 1. The zero-order chi connectivity index (χ0) is 22.1. The van der Waals surface area contributed by atoms with Crippen LogP contribution in [0, 0.1) is 0 Å². The number of ether oxygens (including phenoxy) is 4. The predicted molar refractivity (Wildman–Crippen MR) is 115 cm³/mol. The van der Waals surface area contributed by atoms with E-state index in [9.17, 15) is 0 Å². The van der Waals surface area contributed by atoms with Gasteiger partial charge in [0.2, 0.25) is 12.3 Å². The number of aryl methyl sites for hydroxylation is 1. The fourth-order valence-corrected chi connectivity index (χ4v) is 3.80. The van der Waals surface area contributed by atoms with E-state index < -0.39 is 11.8 Å². The Kier molecular flexibility index (Phi) is 5.61. The molecule has 4 aromatic rings. The topological polar surface area (TPSA) is 80.9 Å². The van der Waals surface area contributed by atoms with Crippen LogP contribution >= 0.6 is 11.6 Å². The average molecular weight is 442 g/mol. The molecule has 8 heteroatoms. The first-order chi connectivity index (χ1) is 15.0. The quantitative estimate of drug-likeness (QED) is 0.276. The molecule has 0 fully saturated rings. The van der Waals surface area contributed by atoms with E-state index in [1.807, 2.05) is 18.2 Å². The van der Waals surface area contributed by atoms with Crippen molar-refractivity contribution in [2.24, 2.45) is 7.05 Å². The number of hydrogen-bond donors (Lipinski definition) is 0. The Bertz CT molecular complexity index is 1320. The number of hydrogen-bond acceptors (Lipinski definition) is 6. The number of nitrogens with zero attached hydrogens (tertiary/aromatic N) is 1.